The highest BCUT2D eigenvalue weighted by Crippen LogP contribution is 2.39. The first kappa shape index (κ1) is 15.8. The molecule has 3 rings (SSSR count). The molecule has 2 unspecified atom stereocenters. The van der Waals surface area contributed by atoms with Gasteiger partial charge < -0.3 is 15.0 Å². The Bertz CT molecular complexity index is 314. The summed E-state index contributed by atoms with van der Waals surface area (Å²) in [4.78, 5) is 2.69. The summed E-state index contributed by atoms with van der Waals surface area (Å²) in [6.07, 6.45) is 13.4. The van der Waals surface area contributed by atoms with Gasteiger partial charge in [0.2, 0.25) is 0 Å². The summed E-state index contributed by atoms with van der Waals surface area (Å²) in [5.74, 6) is 0. The fourth-order valence-electron chi connectivity index (χ4n) is 4.65. The summed E-state index contributed by atoms with van der Waals surface area (Å²) in [5, 5.41) is 3.82. The zero-order chi connectivity index (χ0) is 14.5. The van der Waals surface area contributed by atoms with Crippen molar-refractivity contribution in [1.29, 1.82) is 0 Å². The predicted octanol–water partition coefficient (Wildman–Crippen LogP) is 3.33. The molecule has 0 amide bonds. The van der Waals surface area contributed by atoms with Gasteiger partial charge in [-0.25, -0.2) is 0 Å². The van der Waals surface area contributed by atoms with Crippen molar-refractivity contribution in [2.75, 3.05) is 26.2 Å². The maximum absolute atomic E-state index is 6.12. The minimum atomic E-state index is 0.261. The van der Waals surface area contributed by atoms with Crippen LogP contribution in [0.15, 0.2) is 0 Å². The largest absolute Gasteiger partial charge is 0.375 e. The predicted molar refractivity (Wildman–Crippen MR) is 87.7 cm³/mol. The second-order valence-electron chi connectivity index (χ2n) is 7.62. The lowest BCUT2D eigenvalue weighted by molar-refractivity contribution is -0.0835. The first-order valence-electron chi connectivity index (χ1n) is 9.39. The zero-order valence-corrected chi connectivity index (χ0v) is 13.9. The van der Waals surface area contributed by atoms with Crippen LogP contribution >= 0.6 is 0 Å². The van der Waals surface area contributed by atoms with E-state index in [-0.39, 0.29) is 5.60 Å². The number of ether oxygens (including phenoxy) is 1. The van der Waals surface area contributed by atoms with E-state index in [0.29, 0.717) is 6.04 Å². The van der Waals surface area contributed by atoms with Crippen molar-refractivity contribution in [3.8, 4) is 0 Å². The lowest BCUT2D eigenvalue weighted by atomic mass is 9.89. The Labute approximate surface area is 130 Å². The average Bonchev–Trinajstić information content (AvgIpc) is 2.93. The quantitative estimate of drug-likeness (QED) is 0.787. The van der Waals surface area contributed by atoms with Crippen molar-refractivity contribution in [2.45, 2.75) is 88.8 Å². The van der Waals surface area contributed by atoms with Crippen molar-refractivity contribution in [1.82, 2.24) is 10.2 Å². The first-order chi connectivity index (χ1) is 10.3. The smallest absolute Gasteiger partial charge is 0.0697 e. The number of nitrogens with one attached hydrogen (secondary N) is 1. The summed E-state index contributed by atoms with van der Waals surface area (Å²) in [5.41, 5.74) is 0.261. The zero-order valence-electron chi connectivity index (χ0n) is 13.9. The SMILES string of the molecule is CC1CCCCN1CCCNC1CCOC2(CCCC2)C1. The van der Waals surface area contributed by atoms with Crippen LogP contribution in [0.3, 0.4) is 0 Å². The summed E-state index contributed by atoms with van der Waals surface area (Å²) >= 11 is 0. The normalized spacial score (nSPS) is 33.6. The number of rotatable bonds is 5. The van der Waals surface area contributed by atoms with Gasteiger partial charge in [0.05, 0.1) is 5.60 Å². The van der Waals surface area contributed by atoms with Gasteiger partial charge in [0, 0.05) is 18.7 Å². The number of likely N-dealkylation sites (tertiary alicyclic amines) is 1. The van der Waals surface area contributed by atoms with Crippen LogP contribution in [0.2, 0.25) is 0 Å². The highest BCUT2D eigenvalue weighted by molar-refractivity contribution is 4.93. The van der Waals surface area contributed by atoms with E-state index in [9.17, 15) is 0 Å². The van der Waals surface area contributed by atoms with Crippen LogP contribution in [0.1, 0.15) is 71.1 Å². The molecule has 2 aliphatic heterocycles. The van der Waals surface area contributed by atoms with E-state index in [2.05, 4.69) is 17.1 Å². The van der Waals surface area contributed by atoms with Gasteiger partial charge in [0.1, 0.15) is 0 Å². The maximum atomic E-state index is 6.12. The molecular formula is C18H34N2O. The second-order valence-corrected chi connectivity index (χ2v) is 7.62. The van der Waals surface area contributed by atoms with Crippen LogP contribution in [0.5, 0.6) is 0 Å². The first-order valence-corrected chi connectivity index (χ1v) is 9.39. The minimum Gasteiger partial charge on any atom is -0.375 e. The van der Waals surface area contributed by atoms with Gasteiger partial charge in [-0.05, 0) is 71.5 Å². The fraction of sp³-hybridized carbons (Fsp3) is 1.00. The Balaban J connectivity index is 1.33. The Morgan fingerprint density at radius 2 is 2.00 bits per heavy atom. The third kappa shape index (κ3) is 4.20. The Morgan fingerprint density at radius 1 is 1.14 bits per heavy atom. The van der Waals surface area contributed by atoms with Crippen LogP contribution < -0.4 is 5.32 Å². The maximum Gasteiger partial charge on any atom is 0.0697 e. The molecule has 3 fully saturated rings. The lowest BCUT2D eigenvalue weighted by Crippen LogP contribution is -2.46. The number of piperidine rings is 1. The van der Waals surface area contributed by atoms with E-state index in [1.54, 1.807) is 0 Å². The van der Waals surface area contributed by atoms with E-state index in [0.717, 1.165) is 12.6 Å². The molecule has 1 N–H and O–H groups in total. The fourth-order valence-corrected chi connectivity index (χ4v) is 4.65. The van der Waals surface area contributed by atoms with Crippen molar-refractivity contribution in [2.24, 2.45) is 0 Å². The van der Waals surface area contributed by atoms with Crippen LogP contribution in [-0.4, -0.2) is 48.8 Å². The highest BCUT2D eigenvalue weighted by Gasteiger charge is 2.39. The summed E-state index contributed by atoms with van der Waals surface area (Å²) in [6, 6.07) is 1.51. The van der Waals surface area contributed by atoms with Gasteiger partial charge in [-0.1, -0.05) is 19.3 Å². The number of nitrogens with zero attached hydrogens (tertiary/aromatic N) is 1. The van der Waals surface area contributed by atoms with Gasteiger partial charge >= 0.3 is 0 Å². The molecule has 1 saturated carbocycles. The molecule has 3 aliphatic rings. The number of hydrogen-bond acceptors (Lipinski definition) is 3. The van der Waals surface area contributed by atoms with Crippen molar-refractivity contribution in [3.05, 3.63) is 0 Å². The summed E-state index contributed by atoms with van der Waals surface area (Å²) in [7, 11) is 0. The van der Waals surface area contributed by atoms with E-state index >= 15 is 0 Å². The molecule has 122 valence electrons. The van der Waals surface area contributed by atoms with E-state index in [1.807, 2.05) is 0 Å². The van der Waals surface area contributed by atoms with E-state index in [4.69, 9.17) is 4.74 Å². The molecule has 3 heteroatoms. The van der Waals surface area contributed by atoms with E-state index in [1.165, 1.54) is 83.8 Å². The van der Waals surface area contributed by atoms with Crippen molar-refractivity contribution in [3.63, 3.8) is 0 Å². The monoisotopic (exact) mass is 294 g/mol. The molecular weight excluding hydrogens is 260 g/mol. The van der Waals surface area contributed by atoms with E-state index < -0.39 is 0 Å². The molecule has 0 radical (unpaired) electrons. The molecule has 21 heavy (non-hydrogen) atoms. The van der Waals surface area contributed by atoms with Gasteiger partial charge in [-0.15, -0.1) is 0 Å². The van der Waals surface area contributed by atoms with Gasteiger partial charge in [0.15, 0.2) is 0 Å². The van der Waals surface area contributed by atoms with Crippen LogP contribution in [0, 0.1) is 0 Å². The van der Waals surface area contributed by atoms with Gasteiger partial charge in [-0.3, -0.25) is 0 Å². The van der Waals surface area contributed by atoms with Crippen molar-refractivity contribution >= 4 is 0 Å². The third-order valence-electron chi connectivity index (χ3n) is 6.00. The third-order valence-corrected chi connectivity index (χ3v) is 6.00. The molecule has 0 aromatic carbocycles. The molecule has 2 atom stereocenters. The van der Waals surface area contributed by atoms with Crippen molar-refractivity contribution < 1.29 is 4.74 Å². The summed E-state index contributed by atoms with van der Waals surface area (Å²) in [6.45, 7) is 7.16. The Kier molecular flexibility index (Phi) is 5.58. The Morgan fingerprint density at radius 3 is 2.81 bits per heavy atom. The highest BCUT2D eigenvalue weighted by atomic mass is 16.5. The average molecular weight is 294 g/mol. The molecule has 1 aliphatic carbocycles. The number of hydrogen-bond donors (Lipinski definition) is 1. The topological polar surface area (TPSA) is 24.5 Å². The molecule has 3 nitrogen and oxygen atoms in total. The minimum absolute atomic E-state index is 0.261. The molecule has 0 aromatic heterocycles. The summed E-state index contributed by atoms with van der Waals surface area (Å²) < 4.78 is 6.12. The molecule has 2 heterocycles. The van der Waals surface area contributed by atoms with Gasteiger partial charge in [0.25, 0.3) is 0 Å². The molecule has 1 spiro atoms. The molecule has 2 saturated heterocycles. The van der Waals surface area contributed by atoms with Crippen LogP contribution in [0.4, 0.5) is 0 Å². The van der Waals surface area contributed by atoms with Gasteiger partial charge in [-0.2, -0.15) is 0 Å². The Hall–Kier alpha value is -0.120. The standard InChI is InChI=1S/C18H34N2O/c1-16-7-2-5-12-20(16)13-6-11-19-17-8-14-21-18(15-17)9-3-4-10-18/h16-17,19H,2-15H2,1H3. The lowest BCUT2D eigenvalue weighted by Gasteiger charge is -2.39. The molecule has 0 aromatic rings. The van der Waals surface area contributed by atoms with Crippen LogP contribution in [-0.2, 0) is 4.74 Å². The molecule has 0 bridgehead atoms. The second kappa shape index (κ2) is 7.43. The van der Waals surface area contributed by atoms with Crippen LogP contribution in [0.25, 0.3) is 0 Å².